The van der Waals surface area contributed by atoms with Gasteiger partial charge in [-0.15, -0.1) is 0 Å². The molecule has 0 bridgehead atoms. The van der Waals surface area contributed by atoms with E-state index in [0.717, 1.165) is 0 Å². The number of amides is 1. The van der Waals surface area contributed by atoms with E-state index in [-0.39, 0.29) is 28.0 Å². The van der Waals surface area contributed by atoms with Crippen molar-refractivity contribution in [3.8, 4) is 5.95 Å². The number of carbonyl (C=O) groups is 2. The van der Waals surface area contributed by atoms with Crippen LogP contribution in [-0.4, -0.2) is 26.1 Å². The number of esters is 1. The molecule has 0 radical (unpaired) electrons. The monoisotopic (exact) mass is 297 g/mol. The van der Waals surface area contributed by atoms with Gasteiger partial charge in [-0.05, 0) is 6.07 Å². The summed E-state index contributed by atoms with van der Waals surface area (Å²) in [5.74, 6) is -0.693. The molecule has 0 fully saturated rings. The zero-order valence-electron chi connectivity index (χ0n) is 11.1. The van der Waals surface area contributed by atoms with Crippen molar-refractivity contribution in [2.45, 2.75) is 6.92 Å². The molecule has 2 rings (SSSR count). The first-order valence-electron chi connectivity index (χ1n) is 5.63. The van der Waals surface area contributed by atoms with E-state index in [0.29, 0.717) is 11.1 Å². The summed E-state index contributed by atoms with van der Waals surface area (Å²) in [6.45, 7) is 1.35. The van der Waals surface area contributed by atoms with E-state index >= 15 is 0 Å². The summed E-state index contributed by atoms with van der Waals surface area (Å²) in [5, 5.41) is 3.27. The van der Waals surface area contributed by atoms with E-state index in [1.165, 1.54) is 27.2 Å². The molecule has 0 spiro atoms. The lowest BCUT2D eigenvalue weighted by Gasteiger charge is -2.08. The summed E-state index contributed by atoms with van der Waals surface area (Å²) >= 11 is 6.10. The normalized spacial score (nSPS) is 10.4. The first-order chi connectivity index (χ1) is 9.47. The van der Waals surface area contributed by atoms with E-state index in [2.05, 4.69) is 10.1 Å². The van der Waals surface area contributed by atoms with Gasteiger partial charge in [0.1, 0.15) is 5.56 Å². The van der Waals surface area contributed by atoms with E-state index in [4.69, 9.17) is 20.8 Å². The summed E-state index contributed by atoms with van der Waals surface area (Å²) in [7, 11) is 2.68. The molecule has 2 aromatic rings. The van der Waals surface area contributed by atoms with E-state index in [1.54, 1.807) is 6.07 Å². The molecule has 1 N–H and O–H groups in total. The molecule has 1 aromatic heterocycles. The number of ether oxygens (including phenoxy) is 2. The highest BCUT2D eigenvalue weighted by Gasteiger charge is 2.21. The Labute approximate surface area is 119 Å². The van der Waals surface area contributed by atoms with Crippen LogP contribution in [0.4, 0.5) is 5.69 Å². The minimum absolute atomic E-state index is 0.157. The maximum atomic E-state index is 11.7. The highest BCUT2D eigenvalue weighted by molar-refractivity contribution is 6.36. The second-order valence-electron chi connectivity index (χ2n) is 3.97. The minimum Gasteiger partial charge on any atom is -0.468 e. The molecule has 1 heterocycles. The highest BCUT2D eigenvalue weighted by atomic mass is 35.5. The molecule has 1 aromatic carbocycles. The largest absolute Gasteiger partial charge is 0.468 e. The summed E-state index contributed by atoms with van der Waals surface area (Å²) in [6, 6.07) is 2.92. The van der Waals surface area contributed by atoms with E-state index in [9.17, 15) is 9.59 Å². The Balaban J connectivity index is 2.76. The van der Waals surface area contributed by atoms with Crippen LogP contribution in [0.15, 0.2) is 16.5 Å². The lowest BCUT2D eigenvalue weighted by Crippen LogP contribution is -2.08. The van der Waals surface area contributed by atoms with Crippen LogP contribution in [0.2, 0.25) is 5.02 Å². The second kappa shape index (κ2) is 5.42. The Morgan fingerprint density at radius 3 is 2.55 bits per heavy atom. The summed E-state index contributed by atoms with van der Waals surface area (Å²) < 4.78 is 15.1. The van der Waals surface area contributed by atoms with Gasteiger partial charge in [-0.2, -0.15) is 0 Å². The fourth-order valence-electron chi connectivity index (χ4n) is 1.81. The fourth-order valence-corrected chi connectivity index (χ4v) is 2.07. The molecular formula is C13H12ClNO5. The Bertz CT molecular complexity index is 692. The molecule has 0 aliphatic rings. The third-order valence-electron chi connectivity index (χ3n) is 2.64. The number of carbonyl (C=O) groups excluding carboxylic acids is 2. The maximum Gasteiger partial charge on any atom is 0.341 e. The molecule has 1 amide bonds. The van der Waals surface area contributed by atoms with Gasteiger partial charge in [0, 0.05) is 13.0 Å². The van der Waals surface area contributed by atoms with Gasteiger partial charge in [0.05, 0.1) is 30.3 Å². The fraction of sp³-hybridized carbons (Fsp3) is 0.231. The van der Waals surface area contributed by atoms with Crippen LogP contribution in [0.1, 0.15) is 17.3 Å². The van der Waals surface area contributed by atoms with E-state index < -0.39 is 5.97 Å². The van der Waals surface area contributed by atoms with Gasteiger partial charge >= 0.3 is 5.97 Å². The molecular weight excluding hydrogens is 286 g/mol. The molecule has 0 aliphatic carbocycles. The van der Waals surface area contributed by atoms with Crippen molar-refractivity contribution in [1.29, 1.82) is 0 Å². The number of benzene rings is 1. The van der Waals surface area contributed by atoms with Crippen molar-refractivity contribution < 1.29 is 23.5 Å². The Hall–Kier alpha value is -2.21. The summed E-state index contributed by atoms with van der Waals surface area (Å²) in [6.07, 6.45) is 0. The number of furan rings is 1. The van der Waals surface area contributed by atoms with Gasteiger partial charge in [-0.3, -0.25) is 4.79 Å². The van der Waals surface area contributed by atoms with Crippen molar-refractivity contribution in [3.05, 3.63) is 22.7 Å². The number of halogens is 1. The van der Waals surface area contributed by atoms with Crippen molar-refractivity contribution >= 4 is 40.1 Å². The Morgan fingerprint density at radius 2 is 2.00 bits per heavy atom. The van der Waals surface area contributed by atoms with Crippen molar-refractivity contribution in [3.63, 3.8) is 0 Å². The zero-order chi connectivity index (χ0) is 14.9. The first kappa shape index (κ1) is 14.2. The summed E-state index contributed by atoms with van der Waals surface area (Å²) in [5.41, 5.74) is 0.751. The maximum absolute atomic E-state index is 11.7. The molecule has 0 atom stereocenters. The average molecular weight is 298 g/mol. The van der Waals surface area contributed by atoms with Gasteiger partial charge in [0.15, 0.2) is 5.58 Å². The molecule has 0 unspecified atom stereocenters. The smallest absolute Gasteiger partial charge is 0.341 e. The van der Waals surface area contributed by atoms with Crippen LogP contribution in [0.5, 0.6) is 5.95 Å². The number of hydrogen-bond donors (Lipinski definition) is 1. The molecule has 7 heteroatoms. The third-order valence-corrected chi connectivity index (χ3v) is 2.94. The van der Waals surface area contributed by atoms with Gasteiger partial charge in [0.2, 0.25) is 5.91 Å². The number of rotatable bonds is 3. The first-order valence-corrected chi connectivity index (χ1v) is 6.01. The van der Waals surface area contributed by atoms with Crippen LogP contribution < -0.4 is 10.1 Å². The lowest BCUT2D eigenvalue weighted by atomic mass is 10.1. The third kappa shape index (κ3) is 2.42. The van der Waals surface area contributed by atoms with Gasteiger partial charge in [-0.25, -0.2) is 4.79 Å². The van der Waals surface area contributed by atoms with Crippen molar-refractivity contribution in [1.82, 2.24) is 0 Å². The SMILES string of the molecule is COC(=O)c1cc(Cl)c(NC(C)=O)c2cc(OC)oc12. The van der Waals surface area contributed by atoms with Crippen LogP contribution in [0.25, 0.3) is 11.0 Å². The van der Waals surface area contributed by atoms with Crippen molar-refractivity contribution in [2.75, 3.05) is 19.5 Å². The summed E-state index contributed by atoms with van der Waals surface area (Å²) in [4.78, 5) is 23.0. The second-order valence-corrected chi connectivity index (χ2v) is 4.37. The number of nitrogens with one attached hydrogen (secondary N) is 1. The predicted octanol–water partition coefficient (Wildman–Crippen LogP) is 2.84. The minimum atomic E-state index is -0.594. The van der Waals surface area contributed by atoms with Crippen molar-refractivity contribution in [2.24, 2.45) is 0 Å². The zero-order valence-corrected chi connectivity index (χ0v) is 11.8. The predicted molar refractivity (Wildman–Crippen MR) is 73.4 cm³/mol. The van der Waals surface area contributed by atoms with Gasteiger partial charge in [-0.1, -0.05) is 11.6 Å². The number of methoxy groups -OCH3 is 2. The molecule has 6 nitrogen and oxygen atoms in total. The molecule has 0 aliphatic heterocycles. The number of anilines is 1. The standard InChI is InChI=1S/C13H12ClNO5/c1-6(16)15-11-7-5-10(18-2)20-12(7)8(4-9(11)14)13(17)19-3/h4-5H,1-3H3,(H,15,16). The quantitative estimate of drug-likeness (QED) is 0.881. The van der Waals surface area contributed by atoms with Gasteiger partial charge in [0.25, 0.3) is 5.95 Å². The average Bonchev–Trinajstić information content (AvgIpc) is 2.84. The molecule has 106 valence electrons. The Morgan fingerprint density at radius 1 is 1.30 bits per heavy atom. The highest BCUT2D eigenvalue weighted by Crippen LogP contribution is 2.38. The topological polar surface area (TPSA) is 77.8 Å². The van der Waals surface area contributed by atoms with E-state index in [1.807, 2.05) is 0 Å². The number of fused-ring (bicyclic) bond motifs is 1. The van der Waals surface area contributed by atoms with Crippen LogP contribution >= 0.6 is 11.6 Å². The van der Waals surface area contributed by atoms with Crippen LogP contribution in [0, 0.1) is 0 Å². The number of hydrogen-bond acceptors (Lipinski definition) is 5. The van der Waals surface area contributed by atoms with Crippen LogP contribution in [0.3, 0.4) is 0 Å². The van der Waals surface area contributed by atoms with Gasteiger partial charge < -0.3 is 19.2 Å². The lowest BCUT2D eigenvalue weighted by molar-refractivity contribution is -0.114. The Kier molecular flexibility index (Phi) is 3.85. The molecule has 0 saturated carbocycles. The molecule has 0 saturated heterocycles. The van der Waals surface area contributed by atoms with Crippen LogP contribution in [-0.2, 0) is 9.53 Å². The molecule has 20 heavy (non-hydrogen) atoms.